The summed E-state index contributed by atoms with van der Waals surface area (Å²) >= 11 is 0. The van der Waals surface area contributed by atoms with Crippen LogP contribution in [0.2, 0.25) is 0 Å². The maximum absolute atomic E-state index is 14.4. The molecule has 0 bridgehead atoms. The van der Waals surface area contributed by atoms with E-state index in [-0.39, 0.29) is 12.5 Å². The number of fused-ring (bicyclic) bond motifs is 1. The number of halogens is 1. The summed E-state index contributed by atoms with van der Waals surface area (Å²) < 4.78 is 20.2. The monoisotopic (exact) mass is 383 g/mol. The lowest BCUT2D eigenvalue weighted by Crippen LogP contribution is -2.24. The second kappa shape index (κ2) is 8.04. The van der Waals surface area contributed by atoms with Crippen molar-refractivity contribution >= 4 is 22.6 Å². The van der Waals surface area contributed by atoms with Crippen LogP contribution in [0, 0.1) is 0 Å². The van der Waals surface area contributed by atoms with Crippen molar-refractivity contribution in [2.45, 2.75) is 32.4 Å². The first kappa shape index (κ1) is 18.5. The van der Waals surface area contributed by atoms with Crippen LogP contribution >= 0.6 is 0 Å². The zero-order valence-electron chi connectivity index (χ0n) is 15.6. The van der Waals surface area contributed by atoms with Gasteiger partial charge in [0.25, 0.3) is 0 Å². The number of nitrogens with one attached hydrogen (secondary N) is 2. The highest BCUT2D eigenvalue weighted by atomic mass is 19.1. The molecule has 3 aromatic rings. The molecule has 0 spiro atoms. The Morgan fingerprint density at radius 2 is 2.14 bits per heavy atom. The molecule has 0 aliphatic carbocycles. The average molecular weight is 383 g/mol. The fourth-order valence-electron chi connectivity index (χ4n) is 3.41. The maximum Gasteiger partial charge on any atom is 0.221 e. The predicted octanol–water partition coefficient (Wildman–Crippen LogP) is 2.66. The number of imidazole rings is 1. The van der Waals surface area contributed by atoms with Crippen molar-refractivity contribution in [1.82, 2.24) is 19.9 Å². The molecule has 2 atom stereocenters. The number of hydrogen-bond donors (Lipinski definition) is 2. The van der Waals surface area contributed by atoms with Gasteiger partial charge >= 0.3 is 0 Å². The molecule has 2 N–H and O–H groups in total. The molecule has 1 fully saturated rings. The van der Waals surface area contributed by atoms with E-state index >= 15 is 0 Å². The number of nitrogens with zero attached hydrogens (tertiary/aromatic N) is 3. The molecule has 8 heteroatoms. The van der Waals surface area contributed by atoms with E-state index in [0.29, 0.717) is 25.5 Å². The summed E-state index contributed by atoms with van der Waals surface area (Å²) in [5, 5.41) is 2.74. The molecule has 1 aliphatic rings. The SMILES string of the molecule is CC(=O)Nc1ccc(CN2C[C@@H](F)[C@@H](OCc3nc4ccncc4[nH]3)C2)cc1. The van der Waals surface area contributed by atoms with Crippen LogP contribution in [0.1, 0.15) is 18.3 Å². The highest BCUT2D eigenvalue weighted by Crippen LogP contribution is 2.21. The maximum atomic E-state index is 14.4. The molecule has 0 saturated carbocycles. The average Bonchev–Trinajstić information content (AvgIpc) is 3.23. The largest absolute Gasteiger partial charge is 0.366 e. The van der Waals surface area contributed by atoms with E-state index in [1.54, 1.807) is 12.4 Å². The van der Waals surface area contributed by atoms with Crippen molar-refractivity contribution in [3.05, 3.63) is 54.1 Å². The highest BCUT2D eigenvalue weighted by Gasteiger charge is 2.33. The van der Waals surface area contributed by atoms with Gasteiger partial charge in [-0.25, -0.2) is 9.37 Å². The van der Waals surface area contributed by atoms with E-state index in [2.05, 4.69) is 20.3 Å². The number of aromatic nitrogens is 3. The van der Waals surface area contributed by atoms with Crippen LogP contribution in [-0.4, -0.2) is 51.1 Å². The number of likely N-dealkylation sites (tertiary alicyclic amines) is 1. The summed E-state index contributed by atoms with van der Waals surface area (Å²) in [6.45, 7) is 3.20. The molecule has 3 heterocycles. The van der Waals surface area contributed by atoms with Gasteiger partial charge in [-0.05, 0) is 23.8 Å². The molecule has 1 aromatic carbocycles. The molecule has 4 rings (SSSR count). The molecule has 7 nitrogen and oxygen atoms in total. The zero-order valence-corrected chi connectivity index (χ0v) is 15.6. The van der Waals surface area contributed by atoms with Crippen LogP contribution in [-0.2, 0) is 22.7 Å². The number of alkyl halides is 1. The van der Waals surface area contributed by atoms with Crippen molar-refractivity contribution in [1.29, 1.82) is 0 Å². The van der Waals surface area contributed by atoms with E-state index in [4.69, 9.17) is 4.74 Å². The Morgan fingerprint density at radius 1 is 1.32 bits per heavy atom. The predicted molar refractivity (Wildman–Crippen MR) is 103 cm³/mol. The number of amides is 1. The summed E-state index contributed by atoms with van der Waals surface area (Å²) in [4.78, 5) is 24.7. The zero-order chi connectivity index (χ0) is 19.5. The van der Waals surface area contributed by atoms with Gasteiger partial charge in [-0.2, -0.15) is 0 Å². The van der Waals surface area contributed by atoms with Crippen LogP contribution < -0.4 is 5.32 Å². The summed E-state index contributed by atoms with van der Waals surface area (Å²) in [6.07, 6.45) is 1.87. The molecular weight excluding hydrogens is 361 g/mol. The molecule has 146 valence electrons. The standard InChI is InChI=1S/C20H22FN5O2/c1-13(27)23-15-4-2-14(3-5-15)9-26-10-16(21)19(11-26)28-12-20-24-17-6-7-22-8-18(17)25-20/h2-8,16,19H,9-12H2,1H3,(H,23,27)(H,24,25)/t16-,19+/m1/s1. The van der Waals surface area contributed by atoms with Crippen LogP contribution in [0.15, 0.2) is 42.7 Å². The lowest BCUT2D eigenvalue weighted by atomic mass is 10.2. The fraction of sp³-hybridized carbons (Fsp3) is 0.350. The second-order valence-corrected chi connectivity index (χ2v) is 7.01. The number of benzene rings is 1. The van der Waals surface area contributed by atoms with Gasteiger partial charge in [0.1, 0.15) is 24.7 Å². The molecule has 2 aromatic heterocycles. The Bertz CT molecular complexity index is 926. The third-order valence-electron chi connectivity index (χ3n) is 4.72. The Labute approximate surface area is 161 Å². The molecular formula is C20H22FN5O2. The number of ether oxygens (including phenoxy) is 1. The topological polar surface area (TPSA) is 83.1 Å². The summed E-state index contributed by atoms with van der Waals surface area (Å²) in [7, 11) is 0. The Kier molecular flexibility index (Phi) is 5.31. The van der Waals surface area contributed by atoms with Crippen molar-refractivity contribution in [3.63, 3.8) is 0 Å². The van der Waals surface area contributed by atoms with E-state index < -0.39 is 12.3 Å². The number of anilines is 1. The minimum atomic E-state index is -1.04. The van der Waals surface area contributed by atoms with Crippen LogP contribution in [0.3, 0.4) is 0 Å². The number of aromatic amines is 1. The molecule has 1 saturated heterocycles. The summed E-state index contributed by atoms with van der Waals surface area (Å²) in [5.74, 6) is 0.565. The number of carbonyl (C=O) groups excluding carboxylic acids is 1. The van der Waals surface area contributed by atoms with Gasteiger partial charge in [0.2, 0.25) is 5.91 Å². The van der Waals surface area contributed by atoms with Crippen LogP contribution in [0.4, 0.5) is 10.1 Å². The third-order valence-corrected chi connectivity index (χ3v) is 4.72. The van der Waals surface area contributed by atoms with Gasteiger partial charge in [-0.3, -0.25) is 14.7 Å². The van der Waals surface area contributed by atoms with Gasteiger partial charge in [0.15, 0.2) is 0 Å². The molecule has 0 radical (unpaired) electrons. The number of pyridine rings is 1. The first-order chi connectivity index (χ1) is 13.6. The lowest BCUT2D eigenvalue weighted by molar-refractivity contribution is -0.114. The van der Waals surface area contributed by atoms with E-state index in [1.807, 2.05) is 35.2 Å². The normalized spacial score (nSPS) is 19.9. The Balaban J connectivity index is 1.30. The first-order valence-electron chi connectivity index (χ1n) is 9.20. The molecule has 1 amide bonds. The Morgan fingerprint density at radius 3 is 2.89 bits per heavy atom. The van der Waals surface area contributed by atoms with Crippen molar-refractivity contribution in [3.8, 4) is 0 Å². The second-order valence-electron chi connectivity index (χ2n) is 7.01. The number of H-pyrrole nitrogens is 1. The minimum absolute atomic E-state index is 0.103. The van der Waals surface area contributed by atoms with Gasteiger partial charge in [0.05, 0.1) is 17.2 Å². The fourth-order valence-corrected chi connectivity index (χ4v) is 3.41. The van der Waals surface area contributed by atoms with Gasteiger partial charge in [-0.15, -0.1) is 0 Å². The molecule has 1 aliphatic heterocycles. The van der Waals surface area contributed by atoms with Gasteiger partial charge in [-0.1, -0.05) is 12.1 Å². The summed E-state index contributed by atoms with van der Waals surface area (Å²) in [5.41, 5.74) is 3.48. The smallest absolute Gasteiger partial charge is 0.221 e. The van der Waals surface area contributed by atoms with Crippen LogP contribution in [0.5, 0.6) is 0 Å². The van der Waals surface area contributed by atoms with E-state index in [0.717, 1.165) is 22.3 Å². The van der Waals surface area contributed by atoms with E-state index in [9.17, 15) is 9.18 Å². The van der Waals surface area contributed by atoms with Gasteiger partial charge < -0.3 is 15.0 Å². The molecule has 0 unspecified atom stereocenters. The quantitative estimate of drug-likeness (QED) is 0.684. The van der Waals surface area contributed by atoms with E-state index in [1.165, 1.54) is 6.92 Å². The number of rotatable bonds is 6. The van der Waals surface area contributed by atoms with Gasteiger partial charge in [0, 0.05) is 38.4 Å². The summed E-state index contributed by atoms with van der Waals surface area (Å²) in [6, 6.07) is 9.40. The molecule has 28 heavy (non-hydrogen) atoms. The minimum Gasteiger partial charge on any atom is -0.366 e. The number of hydrogen-bond acceptors (Lipinski definition) is 5. The number of carbonyl (C=O) groups is 1. The van der Waals surface area contributed by atoms with Crippen molar-refractivity contribution < 1.29 is 13.9 Å². The third kappa shape index (κ3) is 4.35. The Hall–Kier alpha value is -2.84. The first-order valence-corrected chi connectivity index (χ1v) is 9.20. The van der Waals surface area contributed by atoms with Crippen molar-refractivity contribution in [2.75, 3.05) is 18.4 Å². The van der Waals surface area contributed by atoms with Crippen LogP contribution in [0.25, 0.3) is 11.0 Å². The lowest BCUT2D eigenvalue weighted by Gasteiger charge is -2.16. The highest BCUT2D eigenvalue weighted by molar-refractivity contribution is 5.88. The van der Waals surface area contributed by atoms with Crippen molar-refractivity contribution in [2.24, 2.45) is 0 Å².